The highest BCUT2D eigenvalue weighted by atomic mass is 28.4. The Labute approximate surface area is 346 Å². The minimum atomic E-state index is -3.34. The zero-order chi connectivity index (χ0) is 42.6. The average Bonchev–Trinajstić information content (AvgIpc) is 3.21. The van der Waals surface area contributed by atoms with Crippen LogP contribution in [0.5, 0.6) is 5.75 Å². The van der Waals surface area contributed by atoms with E-state index in [9.17, 15) is 15.4 Å². The fourth-order valence-electron chi connectivity index (χ4n) is 6.87. The van der Waals surface area contributed by atoms with Crippen LogP contribution in [0.1, 0.15) is 52.7 Å². The van der Waals surface area contributed by atoms with Crippen LogP contribution in [-0.4, -0.2) is 78.9 Å². The zero-order valence-corrected chi connectivity index (χ0v) is 37.8. The van der Waals surface area contributed by atoms with Crippen LogP contribution < -0.4 is 20.4 Å². The Bertz CT molecular complexity index is 1880. The second-order valence-electron chi connectivity index (χ2n) is 17.1. The summed E-state index contributed by atoms with van der Waals surface area (Å²) < 4.78 is 32.8. The van der Waals surface area contributed by atoms with Crippen molar-refractivity contribution in [2.75, 3.05) is 27.4 Å². The molecule has 0 radical (unpaired) electrons. The summed E-state index contributed by atoms with van der Waals surface area (Å²) in [7, 11) is -2.66. The smallest absolute Gasteiger partial charge is 0.261 e. The average molecular weight is 827 g/mol. The van der Waals surface area contributed by atoms with E-state index < -0.39 is 58.0 Å². The maximum Gasteiger partial charge on any atom is 0.261 e. The number of amides is 1. The molecule has 2 N–H and O–H groups in total. The van der Waals surface area contributed by atoms with Crippen molar-refractivity contribution in [2.45, 2.75) is 102 Å². The Morgan fingerprint density at radius 2 is 1.26 bits per heavy atom. The van der Waals surface area contributed by atoms with Gasteiger partial charge in [-0.1, -0.05) is 150 Å². The predicted molar refractivity (Wildman–Crippen MR) is 235 cm³/mol. The van der Waals surface area contributed by atoms with Crippen LogP contribution in [0.25, 0.3) is 10.4 Å². The lowest BCUT2D eigenvalue weighted by molar-refractivity contribution is -0.173. The summed E-state index contributed by atoms with van der Waals surface area (Å²) in [6.45, 7) is 16.4. The Morgan fingerprint density at radius 1 is 0.759 bits per heavy atom. The van der Waals surface area contributed by atoms with E-state index in [-0.39, 0.29) is 24.9 Å². The third-order valence-electron chi connectivity index (χ3n) is 11.2. The first kappa shape index (κ1) is 46.4. The summed E-state index contributed by atoms with van der Waals surface area (Å²) in [4.78, 5) is 18.0. The van der Waals surface area contributed by atoms with E-state index in [1.807, 2.05) is 115 Å². The van der Waals surface area contributed by atoms with Crippen LogP contribution in [0.15, 0.2) is 120 Å². The molecule has 0 fully saturated rings. The summed E-state index contributed by atoms with van der Waals surface area (Å²) in [5.74, 6) is 0.0199. The number of carbonyl (C=O) groups excluding carboxylic acids is 1. The molecule has 58 heavy (non-hydrogen) atoms. The number of aliphatic hydroxyl groups excluding tert-OH is 1. The number of hydrogen-bond donors (Lipinski definition) is 2. The SMILES string of the molecule is CNC(=O)[C@](CO[Si](c1ccccc1)(c1ccccc1)C(C)(C)C)(N=[N+]=[N-])[C@@H](OCc1ccccc1)[C@@H](OCc1ccc(OC)cc1)[C@H](O)CO[Si](C)(C)C(C)(C)C. The lowest BCUT2D eigenvalue weighted by atomic mass is 9.86. The van der Waals surface area contributed by atoms with Crippen LogP contribution in [0.4, 0.5) is 0 Å². The molecule has 4 atom stereocenters. The Morgan fingerprint density at radius 3 is 1.72 bits per heavy atom. The van der Waals surface area contributed by atoms with E-state index in [2.05, 4.69) is 70.0 Å². The Balaban J connectivity index is 1.96. The molecule has 0 spiro atoms. The molecule has 312 valence electrons. The molecule has 0 bridgehead atoms. The van der Waals surface area contributed by atoms with E-state index in [4.69, 9.17) is 23.1 Å². The molecular formula is C45H62N4O7Si2. The van der Waals surface area contributed by atoms with Gasteiger partial charge in [-0.05, 0) is 62.3 Å². The molecule has 0 heterocycles. The molecule has 1 amide bonds. The number of rotatable bonds is 20. The summed E-state index contributed by atoms with van der Waals surface area (Å²) >= 11 is 0. The molecule has 4 rings (SSSR count). The topological polar surface area (TPSA) is 144 Å². The lowest BCUT2D eigenvalue weighted by Crippen LogP contribution is -2.70. The van der Waals surface area contributed by atoms with Crippen molar-refractivity contribution >= 4 is 32.9 Å². The van der Waals surface area contributed by atoms with Crippen LogP contribution in [0, 0.1) is 0 Å². The van der Waals surface area contributed by atoms with Crippen molar-refractivity contribution in [3.05, 3.63) is 137 Å². The second-order valence-corrected chi connectivity index (χ2v) is 26.2. The lowest BCUT2D eigenvalue weighted by Gasteiger charge is -2.47. The Hall–Kier alpha value is -4.31. The first-order chi connectivity index (χ1) is 27.5. The number of hydrogen-bond acceptors (Lipinski definition) is 8. The molecule has 0 aliphatic heterocycles. The van der Waals surface area contributed by atoms with Crippen LogP contribution in [-0.2, 0) is 36.3 Å². The largest absolute Gasteiger partial charge is 0.497 e. The van der Waals surface area contributed by atoms with Crippen LogP contribution in [0.3, 0.4) is 0 Å². The highest BCUT2D eigenvalue weighted by Gasteiger charge is 2.57. The number of methoxy groups -OCH3 is 1. The molecule has 0 aromatic heterocycles. The quantitative estimate of drug-likeness (QED) is 0.0399. The van der Waals surface area contributed by atoms with Gasteiger partial charge in [0.1, 0.15) is 24.1 Å². The normalized spacial score (nSPS) is 15.0. The number of nitrogens with zero attached hydrogens (tertiary/aromatic N) is 3. The first-order valence-electron chi connectivity index (χ1n) is 19.7. The third-order valence-corrected chi connectivity index (χ3v) is 20.7. The second kappa shape index (κ2) is 20.1. The maximum absolute atomic E-state index is 14.7. The molecular weight excluding hydrogens is 765 g/mol. The van der Waals surface area contributed by atoms with Gasteiger partial charge < -0.3 is 33.5 Å². The van der Waals surface area contributed by atoms with Crippen molar-refractivity contribution in [3.8, 4) is 5.75 Å². The molecule has 11 nitrogen and oxygen atoms in total. The van der Waals surface area contributed by atoms with Crippen molar-refractivity contribution in [3.63, 3.8) is 0 Å². The van der Waals surface area contributed by atoms with Crippen molar-refractivity contribution in [1.29, 1.82) is 0 Å². The summed E-state index contributed by atoms with van der Waals surface area (Å²) in [5.41, 5.74) is 9.90. The minimum absolute atomic E-state index is 0.00260. The highest BCUT2D eigenvalue weighted by Crippen LogP contribution is 2.40. The van der Waals surface area contributed by atoms with Gasteiger partial charge in [-0.15, -0.1) is 0 Å². The number of nitrogens with one attached hydrogen (secondary N) is 1. The standard InChI is InChI=1S/C45H62N4O7Si2/c1-43(2,3)57(9,10)55-32-39(50)40(53-30-35-26-28-36(52-8)29-27-35)41(54-31-34-20-14-11-15-21-34)45(48-49-46,42(51)47-7)33-56-58(44(4,5)6,37-22-16-12-17-23-37)38-24-18-13-19-25-38/h11-29,39-41,50H,30-33H2,1-10H3,(H,47,51)/t39-,40+,41+,45-/m1/s1. The molecule has 0 unspecified atom stereocenters. The molecule has 0 saturated heterocycles. The van der Waals surface area contributed by atoms with Gasteiger partial charge in [0.2, 0.25) is 5.91 Å². The van der Waals surface area contributed by atoms with E-state index in [1.54, 1.807) is 7.11 Å². The number of carbonyl (C=O) groups is 1. The predicted octanol–water partition coefficient (Wildman–Crippen LogP) is 7.92. The van der Waals surface area contributed by atoms with Gasteiger partial charge in [-0.2, -0.15) is 0 Å². The van der Waals surface area contributed by atoms with Crippen LogP contribution >= 0.6 is 0 Å². The summed E-state index contributed by atoms with van der Waals surface area (Å²) in [6.07, 6.45) is -3.99. The van der Waals surface area contributed by atoms with E-state index >= 15 is 0 Å². The fraction of sp³-hybridized carbons (Fsp3) is 0.444. The number of aliphatic hydroxyl groups is 1. The first-order valence-corrected chi connectivity index (χ1v) is 24.5. The third kappa shape index (κ3) is 10.8. The van der Waals surface area contributed by atoms with E-state index in [0.29, 0.717) is 5.75 Å². The van der Waals surface area contributed by atoms with Gasteiger partial charge in [0, 0.05) is 12.0 Å². The van der Waals surface area contributed by atoms with Crippen molar-refractivity contribution in [2.24, 2.45) is 5.11 Å². The molecule has 4 aromatic rings. The molecule has 0 aliphatic rings. The van der Waals surface area contributed by atoms with E-state index in [1.165, 1.54) is 7.05 Å². The van der Waals surface area contributed by atoms with Gasteiger partial charge in [-0.3, -0.25) is 4.79 Å². The van der Waals surface area contributed by atoms with Crippen molar-refractivity contribution in [1.82, 2.24) is 5.32 Å². The van der Waals surface area contributed by atoms with Gasteiger partial charge >= 0.3 is 0 Å². The van der Waals surface area contributed by atoms with Crippen molar-refractivity contribution < 1.29 is 33.0 Å². The van der Waals surface area contributed by atoms with Crippen LogP contribution in [0.2, 0.25) is 23.2 Å². The van der Waals surface area contributed by atoms with Gasteiger partial charge in [0.15, 0.2) is 13.9 Å². The number of azide groups is 1. The zero-order valence-electron chi connectivity index (χ0n) is 35.8. The highest BCUT2D eigenvalue weighted by molar-refractivity contribution is 6.99. The number of ether oxygens (including phenoxy) is 3. The summed E-state index contributed by atoms with van der Waals surface area (Å²) in [5, 5.41) is 20.7. The fourth-order valence-corrected chi connectivity index (χ4v) is 12.5. The van der Waals surface area contributed by atoms with E-state index in [0.717, 1.165) is 21.5 Å². The monoisotopic (exact) mass is 826 g/mol. The molecule has 0 aliphatic carbocycles. The van der Waals surface area contributed by atoms with Gasteiger partial charge in [-0.25, -0.2) is 0 Å². The number of benzene rings is 4. The minimum Gasteiger partial charge on any atom is -0.497 e. The maximum atomic E-state index is 14.7. The molecule has 4 aromatic carbocycles. The van der Waals surface area contributed by atoms with Gasteiger partial charge in [0.25, 0.3) is 8.32 Å². The number of likely N-dealkylation sites (N-methyl/N-ethyl adjacent to an activating group) is 1. The summed E-state index contributed by atoms with van der Waals surface area (Å²) in [6, 6.07) is 36.8. The Kier molecular flexibility index (Phi) is 16.1. The molecule has 13 heteroatoms. The van der Waals surface area contributed by atoms with Gasteiger partial charge in [0.05, 0.1) is 33.5 Å². The molecule has 0 saturated carbocycles.